The van der Waals surface area contributed by atoms with Crippen LogP contribution < -0.4 is 0 Å². The summed E-state index contributed by atoms with van der Waals surface area (Å²) in [5, 5.41) is 20.9. The van der Waals surface area contributed by atoms with E-state index in [1.54, 1.807) is 6.07 Å². The maximum absolute atomic E-state index is 10.7. The highest BCUT2D eigenvalue weighted by molar-refractivity contribution is 6.30. The first-order valence-electron chi connectivity index (χ1n) is 6.84. The maximum atomic E-state index is 10.7. The van der Waals surface area contributed by atoms with Crippen molar-refractivity contribution in [3.8, 4) is 6.07 Å². The molecule has 0 aliphatic heterocycles. The van der Waals surface area contributed by atoms with Crippen molar-refractivity contribution >= 4 is 11.6 Å². The number of aliphatic hydroxyl groups excluding tert-OH is 1. The Bertz CT molecular complexity index is 498. The van der Waals surface area contributed by atoms with Gasteiger partial charge in [0.15, 0.2) is 0 Å². The molecule has 0 aromatic heterocycles. The van der Waals surface area contributed by atoms with Crippen LogP contribution in [0.3, 0.4) is 0 Å². The molecule has 0 radical (unpaired) electrons. The highest BCUT2D eigenvalue weighted by Gasteiger charge is 2.42. The van der Waals surface area contributed by atoms with Crippen molar-refractivity contribution in [3.63, 3.8) is 0 Å². The standard InChI is InChI=1S/C16H20ClNO/c1-11-5-7-16(10-18,8-6-11)15(19)14-4-3-13(17)9-12(14)2/h3-4,9,11,15,19H,5-8H2,1-2H3. The van der Waals surface area contributed by atoms with E-state index in [0.717, 1.165) is 36.8 Å². The van der Waals surface area contributed by atoms with Crippen LogP contribution in [0.25, 0.3) is 0 Å². The topological polar surface area (TPSA) is 44.0 Å². The summed E-state index contributed by atoms with van der Waals surface area (Å²) in [4.78, 5) is 0. The summed E-state index contributed by atoms with van der Waals surface area (Å²) in [6.45, 7) is 4.14. The number of benzene rings is 1. The molecule has 0 bridgehead atoms. The maximum Gasteiger partial charge on any atom is 0.0978 e. The Morgan fingerprint density at radius 2 is 2.05 bits per heavy atom. The fourth-order valence-electron chi connectivity index (χ4n) is 2.97. The molecule has 1 saturated carbocycles. The van der Waals surface area contributed by atoms with E-state index in [9.17, 15) is 10.4 Å². The molecule has 102 valence electrons. The lowest BCUT2D eigenvalue weighted by Gasteiger charge is -2.38. The second kappa shape index (κ2) is 5.53. The summed E-state index contributed by atoms with van der Waals surface area (Å²) in [6.07, 6.45) is 2.85. The first kappa shape index (κ1) is 14.4. The first-order chi connectivity index (χ1) is 8.98. The molecular formula is C16H20ClNO. The Hall–Kier alpha value is -1.04. The normalized spacial score (nSPS) is 28.7. The molecule has 19 heavy (non-hydrogen) atoms. The summed E-state index contributed by atoms with van der Waals surface area (Å²) in [6, 6.07) is 7.87. The molecule has 1 aliphatic rings. The summed E-state index contributed by atoms with van der Waals surface area (Å²) >= 11 is 5.95. The minimum absolute atomic E-state index is 0.634. The van der Waals surface area contributed by atoms with Crippen molar-refractivity contribution in [2.75, 3.05) is 0 Å². The van der Waals surface area contributed by atoms with Crippen LogP contribution in [0, 0.1) is 29.6 Å². The van der Waals surface area contributed by atoms with E-state index >= 15 is 0 Å². The highest BCUT2D eigenvalue weighted by atomic mass is 35.5. The van der Waals surface area contributed by atoms with Crippen LogP contribution in [0.15, 0.2) is 18.2 Å². The van der Waals surface area contributed by atoms with Crippen molar-refractivity contribution in [1.29, 1.82) is 5.26 Å². The molecule has 0 amide bonds. The molecule has 1 aromatic carbocycles. The van der Waals surface area contributed by atoms with Crippen molar-refractivity contribution < 1.29 is 5.11 Å². The second-order valence-corrected chi connectivity index (χ2v) is 6.29. The van der Waals surface area contributed by atoms with Crippen molar-refractivity contribution in [1.82, 2.24) is 0 Å². The zero-order valence-electron chi connectivity index (χ0n) is 11.5. The van der Waals surface area contributed by atoms with Gasteiger partial charge < -0.3 is 5.11 Å². The van der Waals surface area contributed by atoms with Crippen molar-refractivity contribution in [2.45, 2.75) is 45.6 Å². The lowest BCUT2D eigenvalue weighted by Crippen LogP contribution is -2.32. The summed E-state index contributed by atoms with van der Waals surface area (Å²) in [7, 11) is 0. The van der Waals surface area contributed by atoms with E-state index < -0.39 is 11.5 Å². The molecule has 3 heteroatoms. The molecule has 1 aliphatic carbocycles. The van der Waals surface area contributed by atoms with Gasteiger partial charge in [-0.05, 0) is 61.8 Å². The fourth-order valence-corrected chi connectivity index (χ4v) is 3.19. The molecule has 1 aromatic rings. The number of hydrogen-bond donors (Lipinski definition) is 1. The number of aliphatic hydroxyl groups is 1. The van der Waals surface area contributed by atoms with Gasteiger partial charge in [0.25, 0.3) is 0 Å². The van der Waals surface area contributed by atoms with E-state index in [1.165, 1.54) is 0 Å². The number of nitrogens with zero attached hydrogens (tertiary/aromatic N) is 1. The Balaban J connectivity index is 2.31. The van der Waals surface area contributed by atoms with Crippen LogP contribution in [0.1, 0.15) is 49.8 Å². The van der Waals surface area contributed by atoms with Crippen LogP contribution in [-0.4, -0.2) is 5.11 Å². The Morgan fingerprint density at radius 1 is 1.42 bits per heavy atom. The van der Waals surface area contributed by atoms with Crippen LogP contribution in [-0.2, 0) is 0 Å². The number of hydrogen-bond acceptors (Lipinski definition) is 2. The largest absolute Gasteiger partial charge is 0.387 e. The van der Waals surface area contributed by atoms with E-state index in [1.807, 2.05) is 19.1 Å². The van der Waals surface area contributed by atoms with E-state index in [2.05, 4.69) is 13.0 Å². The zero-order chi connectivity index (χ0) is 14.0. The first-order valence-corrected chi connectivity index (χ1v) is 7.22. The van der Waals surface area contributed by atoms with Gasteiger partial charge >= 0.3 is 0 Å². The Kier molecular flexibility index (Phi) is 4.18. The number of rotatable bonds is 2. The minimum atomic E-state index is -0.720. The van der Waals surface area contributed by atoms with Crippen LogP contribution >= 0.6 is 11.6 Å². The van der Waals surface area contributed by atoms with Crippen LogP contribution in [0.4, 0.5) is 0 Å². The molecule has 1 fully saturated rings. The molecule has 2 rings (SSSR count). The van der Waals surface area contributed by atoms with Gasteiger partial charge in [0.2, 0.25) is 0 Å². The predicted octanol–water partition coefficient (Wildman–Crippen LogP) is 4.40. The van der Waals surface area contributed by atoms with E-state index in [-0.39, 0.29) is 0 Å². The van der Waals surface area contributed by atoms with Gasteiger partial charge in [-0.2, -0.15) is 5.26 Å². The fraction of sp³-hybridized carbons (Fsp3) is 0.562. The lowest BCUT2D eigenvalue weighted by molar-refractivity contribution is 0.0262. The summed E-state index contributed by atoms with van der Waals surface area (Å²) in [5.74, 6) is 0.653. The van der Waals surface area contributed by atoms with Gasteiger partial charge in [-0.25, -0.2) is 0 Å². The predicted molar refractivity (Wildman–Crippen MR) is 76.8 cm³/mol. The van der Waals surface area contributed by atoms with Crippen LogP contribution in [0.2, 0.25) is 5.02 Å². The number of halogens is 1. The van der Waals surface area contributed by atoms with Gasteiger partial charge in [0, 0.05) is 5.02 Å². The quantitative estimate of drug-likeness (QED) is 0.871. The summed E-state index contributed by atoms with van der Waals surface area (Å²) < 4.78 is 0. The van der Waals surface area contributed by atoms with Crippen LogP contribution in [0.5, 0.6) is 0 Å². The molecule has 1 N–H and O–H groups in total. The highest BCUT2D eigenvalue weighted by Crippen LogP contribution is 2.47. The van der Waals surface area contributed by atoms with Gasteiger partial charge in [-0.1, -0.05) is 24.6 Å². The van der Waals surface area contributed by atoms with Gasteiger partial charge in [0.1, 0.15) is 0 Å². The zero-order valence-corrected chi connectivity index (χ0v) is 12.2. The lowest BCUT2D eigenvalue weighted by atomic mass is 9.67. The average molecular weight is 278 g/mol. The Labute approximate surface area is 120 Å². The Morgan fingerprint density at radius 3 is 2.58 bits per heavy atom. The third-order valence-electron chi connectivity index (χ3n) is 4.44. The molecule has 0 spiro atoms. The number of nitriles is 1. The monoisotopic (exact) mass is 277 g/mol. The van der Waals surface area contributed by atoms with E-state index in [4.69, 9.17) is 11.6 Å². The summed E-state index contributed by atoms with van der Waals surface area (Å²) in [5.41, 5.74) is 1.15. The van der Waals surface area contributed by atoms with Crippen molar-refractivity contribution in [2.24, 2.45) is 11.3 Å². The molecular weight excluding hydrogens is 258 g/mol. The molecule has 0 heterocycles. The molecule has 1 atom stereocenters. The third-order valence-corrected chi connectivity index (χ3v) is 4.67. The molecule has 2 nitrogen and oxygen atoms in total. The minimum Gasteiger partial charge on any atom is -0.387 e. The second-order valence-electron chi connectivity index (χ2n) is 5.85. The van der Waals surface area contributed by atoms with Crippen molar-refractivity contribution in [3.05, 3.63) is 34.3 Å². The van der Waals surface area contributed by atoms with Gasteiger partial charge in [-0.3, -0.25) is 0 Å². The number of aryl methyl sites for hydroxylation is 1. The molecule has 1 unspecified atom stereocenters. The van der Waals surface area contributed by atoms with Gasteiger partial charge in [0.05, 0.1) is 17.6 Å². The average Bonchev–Trinajstić information content (AvgIpc) is 2.39. The SMILES string of the molecule is Cc1cc(Cl)ccc1C(O)C1(C#N)CCC(C)CC1. The van der Waals surface area contributed by atoms with E-state index in [0.29, 0.717) is 10.9 Å². The van der Waals surface area contributed by atoms with Gasteiger partial charge in [-0.15, -0.1) is 0 Å². The third kappa shape index (κ3) is 2.78. The molecule has 0 saturated heterocycles. The smallest absolute Gasteiger partial charge is 0.0978 e.